The van der Waals surface area contributed by atoms with Crippen molar-refractivity contribution in [3.8, 4) is 0 Å². The summed E-state index contributed by atoms with van der Waals surface area (Å²) in [4.78, 5) is 37.5. The summed E-state index contributed by atoms with van der Waals surface area (Å²) in [5, 5.41) is 5.79. The van der Waals surface area contributed by atoms with E-state index in [2.05, 4.69) is 45.7 Å². The molecule has 0 saturated heterocycles. The molecule has 168 valence electrons. The third-order valence-electron chi connectivity index (χ3n) is 5.86. The first-order chi connectivity index (χ1) is 15.4. The van der Waals surface area contributed by atoms with E-state index in [1.807, 2.05) is 37.2 Å². The van der Waals surface area contributed by atoms with Gasteiger partial charge in [0.25, 0.3) is 5.91 Å². The van der Waals surface area contributed by atoms with Crippen molar-refractivity contribution in [2.45, 2.75) is 32.2 Å². The van der Waals surface area contributed by atoms with Crippen molar-refractivity contribution in [2.24, 2.45) is 9.98 Å². The van der Waals surface area contributed by atoms with Gasteiger partial charge in [-0.15, -0.1) is 0 Å². The number of urea groups is 1. The molecule has 4 rings (SSSR count). The summed E-state index contributed by atoms with van der Waals surface area (Å²) in [5.41, 5.74) is 4.79. The molecule has 2 N–H and O–H groups in total. The second-order valence-corrected chi connectivity index (χ2v) is 8.63. The minimum absolute atomic E-state index is 0.154. The number of carbonyl (C=O) groups is 2. The van der Waals surface area contributed by atoms with Crippen LogP contribution in [-0.4, -0.2) is 73.1 Å². The van der Waals surface area contributed by atoms with E-state index in [0.29, 0.717) is 12.4 Å². The molecule has 0 aromatic heterocycles. The van der Waals surface area contributed by atoms with E-state index in [1.54, 1.807) is 0 Å². The first-order valence-electron chi connectivity index (χ1n) is 11.1. The molecule has 1 unspecified atom stereocenters. The predicted octanol–water partition coefficient (Wildman–Crippen LogP) is 2.11. The molecule has 0 radical (unpaired) electrons. The van der Waals surface area contributed by atoms with Gasteiger partial charge >= 0.3 is 6.03 Å². The highest BCUT2D eigenvalue weighted by Gasteiger charge is 2.39. The summed E-state index contributed by atoms with van der Waals surface area (Å²) in [5.74, 6) is -0.106. The third kappa shape index (κ3) is 4.80. The summed E-state index contributed by atoms with van der Waals surface area (Å²) >= 11 is 0. The summed E-state index contributed by atoms with van der Waals surface area (Å²) in [6.07, 6.45) is 4.60. The molecule has 8 nitrogen and oxygen atoms in total. The highest BCUT2D eigenvalue weighted by atomic mass is 16.2. The van der Waals surface area contributed by atoms with E-state index >= 15 is 0 Å². The van der Waals surface area contributed by atoms with E-state index in [4.69, 9.17) is 4.99 Å². The Kier molecular flexibility index (Phi) is 6.50. The fraction of sp³-hybridized carbons (Fsp3) is 0.417. The van der Waals surface area contributed by atoms with E-state index in [-0.39, 0.29) is 11.8 Å². The number of rotatable bonds is 8. The summed E-state index contributed by atoms with van der Waals surface area (Å²) in [6.45, 7) is 4.51. The van der Waals surface area contributed by atoms with Crippen LogP contribution < -0.4 is 10.6 Å². The molecule has 2 heterocycles. The number of fused-ring (bicyclic) bond motifs is 2. The lowest BCUT2D eigenvalue weighted by Gasteiger charge is -2.39. The number of amidine groups is 1. The number of allylic oxidation sites excluding steroid dienone is 1. The number of nitrogens with one attached hydrogen (secondary N) is 2. The lowest BCUT2D eigenvalue weighted by Crippen LogP contribution is -2.55. The Morgan fingerprint density at radius 3 is 2.75 bits per heavy atom. The molecular formula is C24H30N6O2. The summed E-state index contributed by atoms with van der Waals surface area (Å²) in [6, 6.07) is 9.51. The highest BCUT2D eigenvalue weighted by Crippen LogP contribution is 2.32. The predicted molar refractivity (Wildman–Crippen MR) is 126 cm³/mol. The number of amides is 3. The maximum Gasteiger partial charge on any atom is 0.349 e. The minimum atomic E-state index is -0.636. The maximum absolute atomic E-state index is 12.5. The van der Waals surface area contributed by atoms with E-state index in [0.717, 1.165) is 43.7 Å². The number of aliphatic imine (C=N–C) groups is 2. The SMILES string of the molecule is CC1=C(NCCN(C)C)C=C2C(C1)N=C1C(=O)NC(=O)N=C1N2CCCc1ccccc1. The molecular weight excluding hydrogens is 404 g/mol. The average molecular weight is 435 g/mol. The number of likely N-dealkylation sites (N-methyl/N-ethyl adjacent to an activating group) is 1. The fourth-order valence-corrected chi connectivity index (χ4v) is 4.20. The largest absolute Gasteiger partial charge is 0.384 e. The zero-order valence-corrected chi connectivity index (χ0v) is 18.9. The second-order valence-electron chi connectivity index (χ2n) is 8.63. The van der Waals surface area contributed by atoms with E-state index in [1.165, 1.54) is 11.1 Å². The van der Waals surface area contributed by atoms with Crippen LogP contribution in [0.15, 0.2) is 63.4 Å². The van der Waals surface area contributed by atoms with Crippen LogP contribution in [0.1, 0.15) is 25.3 Å². The Hall–Kier alpha value is -3.26. The van der Waals surface area contributed by atoms with Gasteiger partial charge in [0.05, 0.1) is 6.04 Å². The van der Waals surface area contributed by atoms with Gasteiger partial charge in [-0.05, 0) is 57.5 Å². The van der Waals surface area contributed by atoms with Crippen molar-refractivity contribution in [3.05, 3.63) is 58.9 Å². The molecule has 8 heteroatoms. The van der Waals surface area contributed by atoms with Gasteiger partial charge in [-0.25, -0.2) is 4.79 Å². The number of imide groups is 1. The third-order valence-corrected chi connectivity index (χ3v) is 5.86. The van der Waals surface area contributed by atoms with Crippen LogP contribution in [0.25, 0.3) is 0 Å². The monoisotopic (exact) mass is 434 g/mol. The molecule has 0 saturated carbocycles. The standard InChI is InChI=1S/C24H30N6O2/c1-16-14-19-20(15-18(16)25-11-13-29(2)3)30(12-7-10-17-8-5-4-6-9-17)22-21(26-19)23(31)28-24(32)27-22/h4-6,8-9,15,19,25H,7,10-14H2,1-3H3,(H,28,31,32). The maximum atomic E-state index is 12.5. The van der Waals surface area contributed by atoms with Crippen LogP contribution in [0.3, 0.4) is 0 Å². The van der Waals surface area contributed by atoms with Gasteiger partial charge < -0.3 is 15.1 Å². The van der Waals surface area contributed by atoms with Crippen LogP contribution in [0.2, 0.25) is 0 Å². The molecule has 0 fully saturated rings. The molecule has 32 heavy (non-hydrogen) atoms. The average Bonchev–Trinajstić information content (AvgIpc) is 2.75. The Morgan fingerprint density at radius 2 is 2.00 bits per heavy atom. The van der Waals surface area contributed by atoms with Gasteiger partial charge in [-0.2, -0.15) is 4.99 Å². The van der Waals surface area contributed by atoms with Crippen LogP contribution in [0, 0.1) is 0 Å². The molecule has 1 atom stereocenters. The number of nitrogens with zero attached hydrogens (tertiary/aromatic N) is 4. The molecule has 0 bridgehead atoms. The van der Waals surface area contributed by atoms with Gasteiger partial charge in [0, 0.05) is 31.0 Å². The number of hydrogen-bond donors (Lipinski definition) is 2. The quantitative estimate of drug-likeness (QED) is 0.654. The number of carbonyl (C=O) groups excluding carboxylic acids is 2. The smallest absolute Gasteiger partial charge is 0.349 e. The summed E-state index contributed by atoms with van der Waals surface area (Å²) in [7, 11) is 4.10. The molecule has 0 spiro atoms. The zero-order valence-electron chi connectivity index (χ0n) is 18.9. The Balaban J connectivity index is 1.61. The minimum Gasteiger partial charge on any atom is -0.384 e. The van der Waals surface area contributed by atoms with Crippen molar-refractivity contribution < 1.29 is 9.59 Å². The fourth-order valence-electron chi connectivity index (χ4n) is 4.20. The van der Waals surface area contributed by atoms with E-state index in [9.17, 15) is 9.59 Å². The van der Waals surface area contributed by atoms with Crippen LogP contribution in [-0.2, 0) is 11.2 Å². The normalized spacial score (nSPS) is 20.3. The zero-order chi connectivity index (χ0) is 22.7. The van der Waals surface area contributed by atoms with Gasteiger partial charge in [0.15, 0.2) is 11.5 Å². The topological polar surface area (TPSA) is 89.4 Å². The van der Waals surface area contributed by atoms with Crippen molar-refractivity contribution >= 4 is 23.5 Å². The molecule has 2 aliphatic heterocycles. The van der Waals surface area contributed by atoms with Gasteiger partial charge in [-0.3, -0.25) is 15.1 Å². The molecule has 1 aliphatic carbocycles. The van der Waals surface area contributed by atoms with Gasteiger partial charge in [0.1, 0.15) is 0 Å². The first-order valence-corrected chi connectivity index (χ1v) is 11.1. The number of aryl methyl sites for hydroxylation is 1. The van der Waals surface area contributed by atoms with Crippen LogP contribution >= 0.6 is 0 Å². The first kappa shape index (κ1) is 22.0. The van der Waals surface area contributed by atoms with Crippen molar-refractivity contribution in [1.29, 1.82) is 0 Å². The second kappa shape index (κ2) is 9.48. The molecule has 3 aliphatic rings. The van der Waals surface area contributed by atoms with Gasteiger partial charge in [0.2, 0.25) is 0 Å². The number of hydrogen-bond acceptors (Lipinski definition) is 6. The van der Waals surface area contributed by atoms with Gasteiger partial charge in [-0.1, -0.05) is 30.3 Å². The molecule has 1 aromatic carbocycles. The number of benzene rings is 1. The van der Waals surface area contributed by atoms with Crippen molar-refractivity contribution in [3.63, 3.8) is 0 Å². The summed E-state index contributed by atoms with van der Waals surface area (Å²) < 4.78 is 0. The highest BCUT2D eigenvalue weighted by molar-refractivity contribution is 6.69. The van der Waals surface area contributed by atoms with E-state index < -0.39 is 11.9 Å². The lowest BCUT2D eigenvalue weighted by molar-refractivity contribution is -0.113. The molecule has 3 amide bonds. The Bertz CT molecular complexity index is 1020. The Morgan fingerprint density at radius 1 is 1.22 bits per heavy atom. The van der Waals surface area contributed by atoms with Crippen molar-refractivity contribution in [1.82, 2.24) is 20.4 Å². The lowest BCUT2D eigenvalue weighted by atomic mass is 9.92. The van der Waals surface area contributed by atoms with Crippen molar-refractivity contribution in [2.75, 3.05) is 33.7 Å². The van der Waals surface area contributed by atoms with Crippen LogP contribution in [0.4, 0.5) is 4.79 Å². The Labute approximate surface area is 188 Å². The molecule has 1 aromatic rings. The van der Waals surface area contributed by atoms with Crippen LogP contribution in [0.5, 0.6) is 0 Å².